The summed E-state index contributed by atoms with van der Waals surface area (Å²) in [5.74, 6) is 2.72. The van der Waals surface area contributed by atoms with Crippen LogP contribution in [0.5, 0.6) is 5.75 Å². The van der Waals surface area contributed by atoms with Gasteiger partial charge in [-0.25, -0.2) is 0 Å². The molecule has 86 valence electrons. The number of methoxy groups -OCH3 is 1. The van der Waals surface area contributed by atoms with Gasteiger partial charge in [-0.05, 0) is 61.4 Å². The summed E-state index contributed by atoms with van der Waals surface area (Å²) in [5, 5.41) is 3.43. The van der Waals surface area contributed by atoms with E-state index in [0.717, 1.165) is 17.6 Å². The first-order chi connectivity index (χ1) is 7.83. The van der Waals surface area contributed by atoms with Gasteiger partial charge < -0.3 is 10.1 Å². The molecule has 2 heteroatoms. The highest BCUT2D eigenvalue weighted by Crippen LogP contribution is 2.52. The molecule has 2 unspecified atom stereocenters. The van der Waals surface area contributed by atoms with Crippen molar-refractivity contribution < 1.29 is 4.74 Å². The van der Waals surface area contributed by atoms with Crippen molar-refractivity contribution >= 4 is 0 Å². The van der Waals surface area contributed by atoms with Crippen LogP contribution in [0.4, 0.5) is 0 Å². The summed E-state index contributed by atoms with van der Waals surface area (Å²) in [7, 11) is 3.80. The first-order valence-electron chi connectivity index (χ1n) is 6.18. The molecule has 2 aliphatic rings. The summed E-state index contributed by atoms with van der Waals surface area (Å²) in [4.78, 5) is 0. The van der Waals surface area contributed by atoms with Gasteiger partial charge in [0.2, 0.25) is 0 Å². The summed E-state index contributed by atoms with van der Waals surface area (Å²) >= 11 is 0. The largest absolute Gasteiger partial charge is 0.497 e. The number of hydrogen-bond donors (Lipinski definition) is 1. The third-order valence-corrected chi connectivity index (χ3v) is 4.10. The Kier molecular flexibility index (Phi) is 2.40. The smallest absolute Gasteiger partial charge is 0.119 e. The predicted molar refractivity (Wildman–Crippen MR) is 64.9 cm³/mol. The fourth-order valence-electron chi connectivity index (χ4n) is 3.05. The third-order valence-electron chi connectivity index (χ3n) is 4.10. The number of nitrogens with one attached hydrogen (secondary N) is 1. The van der Waals surface area contributed by atoms with Gasteiger partial charge in [-0.1, -0.05) is 6.07 Å². The van der Waals surface area contributed by atoms with Gasteiger partial charge in [-0.2, -0.15) is 0 Å². The van der Waals surface area contributed by atoms with Crippen molar-refractivity contribution in [1.82, 2.24) is 5.32 Å². The van der Waals surface area contributed by atoms with Crippen LogP contribution in [0.15, 0.2) is 18.2 Å². The lowest BCUT2D eigenvalue weighted by Gasteiger charge is -2.10. The molecule has 3 rings (SSSR count). The van der Waals surface area contributed by atoms with Gasteiger partial charge in [0.05, 0.1) is 7.11 Å². The maximum absolute atomic E-state index is 5.32. The standard InChI is InChI=1S/C14H19NO/c1-15-14-8-12(9-3-4-9)11-6-5-10(16-2)7-13(11)14/h5-7,9,12,14-15H,3-4,8H2,1-2H3. The van der Waals surface area contributed by atoms with E-state index < -0.39 is 0 Å². The Morgan fingerprint density at radius 1 is 1.25 bits per heavy atom. The molecule has 2 aliphatic carbocycles. The topological polar surface area (TPSA) is 21.3 Å². The molecule has 16 heavy (non-hydrogen) atoms. The van der Waals surface area contributed by atoms with Gasteiger partial charge in [0.15, 0.2) is 0 Å². The van der Waals surface area contributed by atoms with Crippen LogP contribution in [0.2, 0.25) is 0 Å². The van der Waals surface area contributed by atoms with E-state index in [1.165, 1.54) is 24.8 Å². The minimum absolute atomic E-state index is 0.524. The molecule has 1 fully saturated rings. The Hall–Kier alpha value is -1.02. The predicted octanol–water partition coefficient (Wildman–Crippen LogP) is 2.85. The molecule has 2 nitrogen and oxygen atoms in total. The highest BCUT2D eigenvalue weighted by atomic mass is 16.5. The summed E-state index contributed by atoms with van der Waals surface area (Å²) < 4.78 is 5.32. The second-order valence-corrected chi connectivity index (χ2v) is 5.02. The molecule has 2 atom stereocenters. The maximum atomic E-state index is 5.32. The Labute approximate surface area is 97.0 Å². The zero-order valence-corrected chi connectivity index (χ0v) is 9.99. The molecule has 1 aromatic rings. The quantitative estimate of drug-likeness (QED) is 0.840. The van der Waals surface area contributed by atoms with E-state index in [0.29, 0.717) is 6.04 Å². The van der Waals surface area contributed by atoms with Crippen LogP contribution in [0, 0.1) is 5.92 Å². The van der Waals surface area contributed by atoms with Gasteiger partial charge >= 0.3 is 0 Å². The van der Waals surface area contributed by atoms with Crippen LogP contribution >= 0.6 is 0 Å². The first kappa shape index (κ1) is 10.2. The zero-order chi connectivity index (χ0) is 11.1. The van der Waals surface area contributed by atoms with Gasteiger partial charge in [-0.3, -0.25) is 0 Å². The number of benzene rings is 1. The minimum Gasteiger partial charge on any atom is -0.497 e. The van der Waals surface area contributed by atoms with Crippen molar-refractivity contribution in [3.8, 4) is 5.75 Å². The number of rotatable bonds is 3. The second kappa shape index (κ2) is 3.77. The SMILES string of the molecule is CNC1CC(C2CC2)c2ccc(OC)cc21. The van der Waals surface area contributed by atoms with E-state index in [4.69, 9.17) is 4.74 Å². The molecule has 1 N–H and O–H groups in total. The van der Waals surface area contributed by atoms with Gasteiger partial charge in [0.1, 0.15) is 5.75 Å². The fourth-order valence-corrected chi connectivity index (χ4v) is 3.05. The monoisotopic (exact) mass is 217 g/mol. The van der Waals surface area contributed by atoms with E-state index in [1.54, 1.807) is 12.7 Å². The molecule has 0 aromatic heterocycles. The van der Waals surface area contributed by atoms with E-state index in [9.17, 15) is 0 Å². The fraction of sp³-hybridized carbons (Fsp3) is 0.571. The summed E-state index contributed by atoms with van der Waals surface area (Å²) in [5.41, 5.74) is 3.02. The average Bonchev–Trinajstić information content (AvgIpc) is 3.10. The molecule has 1 saturated carbocycles. The van der Waals surface area contributed by atoms with Gasteiger partial charge in [0, 0.05) is 6.04 Å². The van der Waals surface area contributed by atoms with Gasteiger partial charge in [0.25, 0.3) is 0 Å². The van der Waals surface area contributed by atoms with Crippen LogP contribution in [-0.4, -0.2) is 14.2 Å². The molecule has 0 amide bonds. The van der Waals surface area contributed by atoms with Crippen LogP contribution in [-0.2, 0) is 0 Å². The van der Waals surface area contributed by atoms with Crippen molar-refractivity contribution in [3.63, 3.8) is 0 Å². The van der Waals surface area contributed by atoms with E-state index in [2.05, 4.69) is 30.6 Å². The number of ether oxygens (including phenoxy) is 1. The number of fused-ring (bicyclic) bond motifs is 1. The van der Waals surface area contributed by atoms with Crippen molar-refractivity contribution in [2.75, 3.05) is 14.2 Å². The Bertz CT molecular complexity index is 398. The summed E-state index contributed by atoms with van der Waals surface area (Å²) in [6, 6.07) is 7.11. The first-order valence-corrected chi connectivity index (χ1v) is 6.18. The van der Waals surface area contributed by atoms with Crippen LogP contribution < -0.4 is 10.1 Å². The average molecular weight is 217 g/mol. The van der Waals surface area contributed by atoms with Crippen LogP contribution in [0.1, 0.15) is 42.3 Å². The van der Waals surface area contributed by atoms with E-state index in [1.807, 2.05) is 0 Å². The Morgan fingerprint density at radius 3 is 2.69 bits per heavy atom. The highest BCUT2D eigenvalue weighted by Gasteiger charge is 2.39. The second-order valence-electron chi connectivity index (χ2n) is 5.02. The Morgan fingerprint density at radius 2 is 2.06 bits per heavy atom. The van der Waals surface area contributed by atoms with Crippen molar-refractivity contribution in [2.45, 2.75) is 31.2 Å². The van der Waals surface area contributed by atoms with Crippen molar-refractivity contribution in [2.24, 2.45) is 5.92 Å². The van der Waals surface area contributed by atoms with Gasteiger partial charge in [-0.15, -0.1) is 0 Å². The van der Waals surface area contributed by atoms with Crippen molar-refractivity contribution in [1.29, 1.82) is 0 Å². The molecular formula is C14H19NO. The Balaban J connectivity index is 1.99. The molecule has 0 heterocycles. The number of hydrogen-bond acceptors (Lipinski definition) is 2. The van der Waals surface area contributed by atoms with Crippen LogP contribution in [0.3, 0.4) is 0 Å². The summed E-state index contributed by atoms with van der Waals surface area (Å²) in [6.07, 6.45) is 4.11. The zero-order valence-electron chi connectivity index (χ0n) is 9.99. The maximum Gasteiger partial charge on any atom is 0.119 e. The lowest BCUT2D eigenvalue weighted by atomic mass is 9.96. The van der Waals surface area contributed by atoms with E-state index >= 15 is 0 Å². The van der Waals surface area contributed by atoms with Crippen LogP contribution in [0.25, 0.3) is 0 Å². The normalized spacial score (nSPS) is 27.9. The lowest BCUT2D eigenvalue weighted by molar-refractivity contribution is 0.413. The lowest BCUT2D eigenvalue weighted by Crippen LogP contribution is -2.13. The highest BCUT2D eigenvalue weighted by molar-refractivity contribution is 5.44. The minimum atomic E-state index is 0.524. The van der Waals surface area contributed by atoms with Crippen molar-refractivity contribution in [3.05, 3.63) is 29.3 Å². The molecule has 1 aromatic carbocycles. The molecule has 0 spiro atoms. The molecule has 0 radical (unpaired) electrons. The molecule has 0 saturated heterocycles. The molecular weight excluding hydrogens is 198 g/mol. The third kappa shape index (κ3) is 1.52. The molecule has 0 aliphatic heterocycles. The molecule has 0 bridgehead atoms. The summed E-state index contributed by atoms with van der Waals surface area (Å²) in [6.45, 7) is 0. The van der Waals surface area contributed by atoms with E-state index in [-0.39, 0.29) is 0 Å².